The van der Waals surface area contributed by atoms with Crippen LogP contribution in [0.1, 0.15) is 63.0 Å². The highest BCUT2D eigenvalue weighted by molar-refractivity contribution is 6.39. The van der Waals surface area contributed by atoms with Gasteiger partial charge in [0.1, 0.15) is 0 Å². The number of carbonyl (C=O) groups excluding carboxylic acids is 2. The molecule has 0 saturated carbocycles. The van der Waals surface area contributed by atoms with Crippen LogP contribution in [0.15, 0.2) is 18.2 Å². The van der Waals surface area contributed by atoms with Gasteiger partial charge in [-0.15, -0.1) is 0 Å². The molecule has 0 bridgehead atoms. The average Bonchev–Trinajstić information content (AvgIpc) is 2.53. The van der Waals surface area contributed by atoms with Gasteiger partial charge in [-0.2, -0.15) is 0 Å². The molecule has 0 aliphatic heterocycles. The van der Waals surface area contributed by atoms with E-state index in [1.165, 1.54) is 32.1 Å². The third-order valence-corrected chi connectivity index (χ3v) is 4.04. The quantitative estimate of drug-likeness (QED) is 0.532. The molecule has 0 spiro atoms. The SMILES string of the molecule is CCCCCCCCCNC(=O)C(=O)Nc1ccc(C)c(C)c1. The number of amides is 2. The molecule has 0 saturated heterocycles. The van der Waals surface area contributed by atoms with E-state index < -0.39 is 11.8 Å². The van der Waals surface area contributed by atoms with Crippen molar-refractivity contribution in [2.45, 2.75) is 65.7 Å². The minimum absolute atomic E-state index is 0.561. The topological polar surface area (TPSA) is 58.2 Å². The number of benzene rings is 1. The largest absolute Gasteiger partial charge is 0.348 e. The lowest BCUT2D eigenvalue weighted by Crippen LogP contribution is -2.35. The van der Waals surface area contributed by atoms with Gasteiger partial charge in [0.25, 0.3) is 0 Å². The predicted octanol–water partition coefficient (Wildman–Crippen LogP) is 4.11. The summed E-state index contributed by atoms with van der Waals surface area (Å²) >= 11 is 0. The molecule has 2 N–H and O–H groups in total. The molecule has 0 unspecified atom stereocenters. The van der Waals surface area contributed by atoms with Gasteiger partial charge in [0.2, 0.25) is 0 Å². The fourth-order valence-electron chi connectivity index (χ4n) is 2.37. The molecule has 4 nitrogen and oxygen atoms in total. The molecule has 128 valence electrons. The van der Waals surface area contributed by atoms with Crippen molar-refractivity contribution in [3.8, 4) is 0 Å². The Labute approximate surface area is 140 Å². The van der Waals surface area contributed by atoms with Crippen LogP contribution in [-0.2, 0) is 9.59 Å². The Hall–Kier alpha value is -1.84. The van der Waals surface area contributed by atoms with E-state index in [1.54, 1.807) is 0 Å². The molecule has 0 aliphatic carbocycles. The Kier molecular flexibility index (Phi) is 9.03. The lowest BCUT2D eigenvalue weighted by atomic mass is 10.1. The zero-order valence-corrected chi connectivity index (χ0v) is 14.7. The summed E-state index contributed by atoms with van der Waals surface area (Å²) in [5, 5.41) is 5.31. The van der Waals surface area contributed by atoms with E-state index >= 15 is 0 Å². The Morgan fingerprint density at radius 3 is 2.17 bits per heavy atom. The summed E-state index contributed by atoms with van der Waals surface area (Å²) < 4.78 is 0. The second kappa shape index (κ2) is 10.8. The highest BCUT2D eigenvalue weighted by Gasteiger charge is 2.13. The van der Waals surface area contributed by atoms with E-state index in [0.29, 0.717) is 12.2 Å². The first kappa shape index (κ1) is 19.2. The van der Waals surface area contributed by atoms with Crippen molar-refractivity contribution in [1.82, 2.24) is 5.32 Å². The summed E-state index contributed by atoms with van der Waals surface area (Å²) in [5.74, 6) is -1.16. The number of aryl methyl sites for hydroxylation is 2. The summed E-state index contributed by atoms with van der Waals surface area (Å²) in [6.07, 6.45) is 8.33. The van der Waals surface area contributed by atoms with E-state index in [9.17, 15) is 9.59 Å². The first-order valence-corrected chi connectivity index (χ1v) is 8.71. The highest BCUT2D eigenvalue weighted by Crippen LogP contribution is 2.13. The van der Waals surface area contributed by atoms with Crippen LogP contribution in [0.3, 0.4) is 0 Å². The van der Waals surface area contributed by atoms with Gasteiger partial charge in [-0.05, 0) is 43.5 Å². The van der Waals surface area contributed by atoms with Crippen molar-refractivity contribution >= 4 is 17.5 Å². The van der Waals surface area contributed by atoms with Crippen molar-refractivity contribution < 1.29 is 9.59 Å². The second-order valence-corrected chi connectivity index (χ2v) is 6.13. The first-order chi connectivity index (χ1) is 11.0. The van der Waals surface area contributed by atoms with Gasteiger partial charge in [0.15, 0.2) is 0 Å². The van der Waals surface area contributed by atoms with Gasteiger partial charge in [0, 0.05) is 12.2 Å². The number of carbonyl (C=O) groups is 2. The van der Waals surface area contributed by atoms with Crippen molar-refractivity contribution in [2.75, 3.05) is 11.9 Å². The molecule has 23 heavy (non-hydrogen) atoms. The summed E-state index contributed by atoms with van der Waals surface area (Å²) in [6.45, 7) is 6.76. The molecular weight excluding hydrogens is 288 g/mol. The Morgan fingerprint density at radius 2 is 1.52 bits per heavy atom. The molecule has 1 aromatic rings. The second-order valence-electron chi connectivity index (χ2n) is 6.13. The maximum atomic E-state index is 11.8. The summed E-state index contributed by atoms with van der Waals surface area (Å²) in [4.78, 5) is 23.6. The minimum atomic E-state index is -0.601. The van der Waals surface area contributed by atoms with Crippen LogP contribution < -0.4 is 10.6 Å². The normalized spacial score (nSPS) is 10.4. The third-order valence-electron chi connectivity index (χ3n) is 4.04. The van der Waals surface area contributed by atoms with Crippen molar-refractivity contribution in [3.05, 3.63) is 29.3 Å². The lowest BCUT2D eigenvalue weighted by molar-refractivity contribution is -0.136. The van der Waals surface area contributed by atoms with E-state index in [0.717, 1.165) is 24.0 Å². The Balaban J connectivity index is 2.19. The zero-order valence-electron chi connectivity index (χ0n) is 14.7. The highest BCUT2D eigenvalue weighted by atomic mass is 16.2. The molecule has 0 aromatic heterocycles. The minimum Gasteiger partial charge on any atom is -0.348 e. The smallest absolute Gasteiger partial charge is 0.313 e. The van der Waals surface area contributed by atoms with E-state index in [-0.39, 0.29) is 0 Å². The van der Waals surface area contributed by atoms with E-state index in [4.69, 9.17) is 0 Å². The zero-order chi connectivity index (χ0) is 17.1. The van der Waals surface area contributed by atoms with Crippen molar-refractivity contribution in [1.29, 1.82) is 0 Å². The Bertz CT molecular complexity index is 512. The average molecular weight is 318 g/mol. The molecule has 0 atom stereocenters. The summed E-state index contributed by atoms with van der Waals surface area (Å²) in [5.41, 5.74) is 2.90. The van der Waals surface area contributed by atoms with E-state index in [2.05, 4.69) is 17.6 Å². The molecule has 1 rings (SSSR count). The number of unbranched alkanes of at least 4 members (excludes halogenated alkanes) is 6. The number of nitrogens with one attached hydrogen (secondary N) is 2. The molecular formula is C19H30N2O2. The molecule has 0 fully saturated rings. The van der Waals surface area contributed by atoms with Crippen LogP contribution in [0, 0.1) is 13.8 Å². The van der Waals surface area contributed by atoms with Crippen LogP contribution in [0.25, 0.3) is 0 Å². The Morgan fingerprint density at radius 1 is 0.870 bits per heavy atom. The predicted molar refractivity (Wildman–Crippen MR) is 95.5 cm³/mol. The number of rotatable bonds is 9. The fraction of sp³-hybridized carbons (Fsp3) is 0.579. The van der Waals surface area contributed by atoms with Gasteiger partial charge in [0.05, 0.1) is 0 Å². The van der Waals surface area contributed by atoms with Gasteiger partial charge in [-0.3, -0.25) is 9.59 Å². The fourth-order valence-corrected chi connectivity index (χ4v) is 2.37. The van der Waals surface area contributed by atoms with E-state index in [1.807, 2.05) is 32.0 Å². The van der Waals surface area contributed by atoms with Crippen LogP contribution >= 0.6 is 0 Å². The van der Waals surface area contributed by atoms with Crippen LogP contribution in [-0.4, -0.2) is 18.4 Å². The number of anilines is 1. The maximum Gasteiger partial charge on any atom is 0.313 e. The first-order valence-electron chi connectivity index (χ1n) is 8.71. The molecule has 2 amide bonds. The van der Waals surface area contributed by atoms with Gasteiger partial charge >= 0.3 is 11.8 Å². The van der Waals surface area contributed by atoms with Crippen LogP contribution in [0.5, 0.6) is 0 Å². The standard InChI is InChI=1S/C19H30N2O2/c1-4-5-6-7-8-9-10-13-20-18(22)19(23)21-17-12-11-15(2)16(3)14-17/h11-12,14H,4-10,13H2,1-3H3,(H,20,22)(H,21,23). The van der Waals surface area contributed by atoms with Gasteiger partial charge < -0.3 is 10.6 Å². The van der Waals surface area contributed by atoms with Gasteiger partial charge in [-0.1, -0.05) is 51.5 Å². The maximum absolute atomic E-state index is 11.8. The number of hydrogen-bond donors (Lipinski definition) is 2. The third kappa shape index (κ3) is 7.82. The van der Waals surface area contributed by atoms with Crippen molar-refractivity contribution in [2.24, 2.45) is 0 Å². The van der Waals surface area contributed by atoms with Crippen LogP contribution in [0.4, 0.5) is 5.69 Å². The van der Waals surface area contributed by atoms with Crippen molar-refractivity contribution in [3.63, 3.8) is 0 Å². The molecule has 0 aliphatic rings. The monoisotopic (exact) mass is 318 g/mol. The summed E-state index contributed by atoms with van der Waals surface area (Å²) in [7, 11) is 0. The lowest BCUT2D eigenvalue weighted by Gasteiger charge is -2.08. The molecule has 0 heterocycles. The summed E-state index contributed by atoms with van der Waals surface area (Å²) in [6, 6.07) is 5.61. The number of hydrogen-bond acceptors (Lipinski definition) is 2. The van der Waals surface area contributed by atoms with Gasteiger partial charge in [-0.25, -0.2) is 0 Å². The molecule has 1 aromatic carbocycles. The van der Waals surface area contributed by atoms with Crippen LogP contribution in [0.2, 0.25) is 0 Å². The molecule has 4 heteroatoms. The molecule has 0 radical (unpaired) electrons.